The molecule has 116 valence electrons. The highest BCUT2D eigenvalue weighted by molar-refractivity contribution is 5.66. The lowest BCUT2D eigenvalue weighted by molar-refractivity contribution is -0.114. The van der Waals surface area contributed by atoms with Crippen LogP contribution in [0.25, 0.3) is 6.08 Å². The first-order valence-electron chi connectivity index (χ1n) is 7.99. The SMILES string of the molecule is CCCCC(C=O)(/C=C/c1ccc(OC)cc1)CCCC. The van der Waals surface area contributed by atoms with E-state index in [0.29, 0.717) is 0 Å². The first-order chi connectivity index (χ1) is 10.2. The largest absolute Gasteiger partial charge is 0.497 e. The van der Waals surface area contributed by atoms with Crippen molar-refractivity contribution >= 4 is 12.4 Å². The van der Waals surface area contributed by atoms with Crippen LogP contribution in [-0.4, -0.2) is 13.4 Å². The zero-order valence-corrected chi connectivity index (χ0v) is 13.6. The third kappa shape index (κ3) is 5.74. The van der Waals surface area contributed by atoms with Crippen molar-refractivity contribution in [1.29, 1.82) is 0 Å². The van der Waals surface area contributed by atoms with Gasteiger partial charge in [0.15, 0.2) is 0 Å². The lowest BCUT2D eigenvalue weighted by Gasteiger charge is -2.24. The molecule has 21 heavy (non-hydrogen) atoms. The molecule has 0 aromatic heterocycles. The summed E-state index contributed by atoms with van der Waals surface area (Å²) in [7, 11) is 1.66. The molecule has 0 N–H and O–H groups in total. The molecule has 1 aromatic carbocycles. The maximum Gasteiger partial charge on any atom is 0.129 e. The fourth-order valence-corrected chi connectivity index (χ4v) is 2.44. The van der Waals surface area contributed by atoms with Crippen molar-refractivity contribution in [2.75, 3.05) is 7.11 Å². The summed E-state index contributed by atoms with van der Waals surface area (Å²) < 4.78 is 5.16. The number of methoxy groups -OCH3 is 1. The van der Waals surface area contributed by atoms with Gasteiger partial charge in [-0.1, -0.05) is 63.8 Å². The molecule has 0 atom stereocenters. The van der Waals surface area contributed by atoms with Crippen LogP contribution in [0.3, 0.4) is 0 Å². The highest BCUT2D eigenvalue weighted by Gasteiger charge is 2.25. The zero-order chi connectivity index (χ0) is 15.6. The van der Waals surface area contributed by atoms with Crippen molar-refractivity contribution in [1.82, 2.24) is 0 Å². The van der Waals surface area contributed by atoms with E-state index in [1.807, 2.05) is 24.3 Å². The van der Waals surface area contributed by atoms with Gasteiger partial charge < -0.3 is 9.53 Å². The molecule has 0 aliphatic carbocycles. The lowest BCUT2D eigenvalue weighted by atomic mass is 9.79. The quantitative estimate of drug-likeness (QED) is 0.548. The first kappa shape index (κ1) is 17.5. The fraction of sp³-hybridized carbons (Fsp3) is 0.526. The fourth-order valence-electron chi connectivity index (χ4n) is 2.44. The number of hydrogen-bond acceptors (Lipinski definition) is 2. The van der Waals surface area contributed by atoms with Crippen LogP contribution in [0.5, 0.6) is 5.75 Å². The number of aldehydes is 1. The summed E-state index contributed by atoms with van der Waals surface area (Å²) in [5.74, 6) is 0.853. The van der Waals surface area contributed by atoms with Crippen molar-refractivity contribution in [3.63, 3.8) is 0 Å². The molecule has 0 fully saturated rings. The van der Waals surface area contributed by atoms with Crippen molar-refractivity contribution < 1.29 is 9.53 Å². The van der Waals surface area contributed by atoms with E-state index in [0.717, 1.165) is 56.1 Å². The maximum atomic E-state index is 11.7. The summed E-state index contributed by atoms with van der Waals surface area (Å²) in [6.07, 6.45) is 11.6. The smallest absolute Gasteiger partial charge is 0.129 e. The number of ether oxygens (including phenoxy) is 1. The van der Waals surface area contributed by atoms with Gasteiger partial charge in [0.2, 0.25) is 0 Å². The Kier molecular flexibility index (Phi) is 7.81. The predicted molar refractivity (Wildman–Crippen MR) is 89.6 cm³/mol. The van der Waals surface area contributed by atoms with E-state index in [4.69, 9.17) is 4.74 Å². The third-order valence-corrected chi connectivity index (χ3v) is 3.95. The number of carbonyl (C=O) groups excluding carboxylic acids is 1. The summed E-state index contributed by atoms with van der Waals surface area (Å²) >= 11 is 0. The van der Waals surface area contributed by atoms with Gasteiger partial charge in [-0.05, 0) is 30.5 Å². The number of carbonyl (C=O) groups is 1. The minimum absolute atomic E-state index is 0.300. The van der Waals surface area contributed by atoms with Crippen LogP contribution in [0.4, 0.5) is 0 Å². The molecule has 2 nitrogen and oxygen atoms in total. The predicted octanol–water partition coefficient (Wildman–Crippen LogP) is 5.27. The Labute approximate surface area is 129 Å². The molecule has 0 bridgehead atoms. The highest BCUT2D eigenvalue weighted by atomic mass is 16.5. The third-order valence-electron chi connectivity index (χ3n) is 3.95. The molecule has 0 saturated carbocycles. The summed E-state index contributed by atoms with van der Waals surface area (Å²) in [5, 5.41) is 0. The molecule has 0 heterocycles. The van der Waals surface area contributed by atoms with Gasteiger partial charge in [0.1, 0.15) is 12.0 Å². The van der Waals surface area contributed by atoms with Gasteiger partial charge in [0.05, 0.1) is 7.11 Å². The van der Waals surface area contributed by atoms with E-state index in [1.165, 1.54) is 0 Å². The van der Waals surface area contributed by atoms with Crippen molar-refractivity contribution in [3.8, 4) is 5.75 Å². The number of unbranched alkanes of at least 4 members (excludes halogenated alkanes) is 2. The van der Waals surface area contributed by atoms with Gasteiger partial charge in [0, 0.05) is 5.41 Å². The zero-order valence-electron chi connectivity index (χ0n) is 13.6. The molecule has 0 radical (unpaired) electrons. The van der Waals surface area contributed by atoms with Crippen LogP contribution in [0.15, 0.2) is 30.3 Å². The molecular weight excluding hydrogens is 260 g/mol. The molecule has 0 amide bonds. The topological polar surface area (TPSA) is 26.3 Å². The Morgan fingerprint density at radius 3 is 2.05 bits per heavy atom. The Morgan fingerprint density at radius 2 is 1.62 bits per heavy atom. The van der Waals surface area contributed by atoms with Crippen LogP contribution in [0.2, 0.25) is 0 Å². The molecule has 1 rings (SSSR count). The minimum Gasteiger partial charge on any atom is -0.497 e. The molecule has 0 saturated heterocycles. The second-order valence-corrected chi connectivity index (χ2v) is 5.66. The lowest BCUT2D eigenvalue weighted by Crippen LogP contribution is -2.19. The molecule has 1 aromatic rings. The van der Waals surface area contributed by atoms with Crippen LogP contribution in [0.1, 0.15) is 57.9 Å². The van der Waals surface area contributed by atoms with Gasteiger partial charge in [-0.25, -0.2) is 0 Å². The van der Waals surface area contributed by atoms with Gasteiger partial charge in [0.25, 0.3) is 0 Å². The second kappa shape index (κ2) is 9.38. The highest BCUT2D eigenvalue weighted by Crippen LogP contribution is 2.31. The summed E-state index contributed by atoms with van der Waals surface area (Å²) in [5.41, 5.74) is 0.807. The average molecular weight is 288 g/mol. The number of allylic oxidation sites excluding steroid dienone is 1. The Morgan fingerprint density at radius 1 is 1.05 bits per heavy atom. The van der Waals surface area contributed by atoms with Crippen LogP contribution < -0.4 is 4.74 Å². The number of benzene rings is 1. The van der Waals surface area contributed by atoms with E-state index in [1.54, 1.807) is 7.11 Å². The van der Waals surface area contributed by atoms with Crippen LogP contribution >= 0.6 is 0 Å². The van der Waals surface area contributed by atoms with Gasteiger partial charge in [-0.2, -0.15) is 0 Å². The Hall–Kier alpha value is -1.57. The van der Waals surface area contributed by atoms with E-state index in [-0.39, 0.29) is 5.41 Å². The van der Waals surface area contributed by atoms with Gasteiger partial charge in [-0.3, -0.25) is 0 Å². The standard InChI is InChI=1S/C19H28O2/c1-4-6-13-19(16-20,14-7-5-2)15-12-17-8-10-18(21-3)11-9-17/h8-12,15-16H,4-7,13-14H2,1-3H3/b15-12+. The molecule has 0 spiro atoms. The van der Waals surface area contributed by atoms with Crippen LogP contribution in [0, 0.1) is 5.41 Å². The molecule has 2 heteroatoms. The Balaban J connectivity index is 2.85. The monoisotopic (exact) mass is 288 g/mol. The van der Waals surface area contributed by atoms with E-state index in [2.05, 4.69) is 26.0 Å². The summed E-state index contributed by atoms with van der Waals surface area (Å²) in [6.45, 7) is 4.34. The summed E-state index contributed by atoms with van der Waals surface area (Å²) in [4.78, 5) is 11.7. The molecule has 0 aliphatic rings. The van der Waals surface area contributed by atoms with Crippen molar-refractivity contribution in [3.05, 3.63) is 35.9 Å². The normalized spacial score (nSPS) is 11.8. The molecule has 0 aliphatic heterocycles. The molecule has 0 unspecified atom stereocenters. The van der Waals surface area contributed by atoms with Gasteiger partial charge in [-0.15, -0.1) is 0 Å². The maximum absolute atomic E-state index is 11.7. The average Bonchev–Trinajstić information content (AvgIpc) is 2.55. The van der Waals surface area contributed by atoms with E-state index >= 15 is 0 Å². The first-order valence-corrected chi connectivity index (χ1v) is 7.99. The number of hydrogen-bond donors (Lipinski definition) is 0. The van der Waals surface area contributed by atoms with E-state index in [9.17, 15) is 4.79 Å². The Bertz CT molecular complexity index is 423. The van der Waals surface area contributed by atoms with Crippen molar-refractivity contribution in [2.45, 2.75) is 52.4 Å². The molecular formula is C19H28O2. The van der Waals surface area contributed by atoms with Crippen molar-refractivity contribution in [2.24, 2.45) is 5.41 Å². The van der Waals surface area contributed by atoms with Crippen LogP contribution in [-0.2, 0) is 4.79 Å². The minimum atomic E-state index is -0.300. The summed E-state index contributed by atoms with van der Waals surface area (Å²) in [6, 6.07) is 7.93. The second-order valence-electron chi connectivity index (χ2n) is 5.66. The van der Waals surface area contributed by atoms with E-state index < -0.39 is 0 Å². The van der Waals surface area contributed by atoms with Gasteiger partial charge >= 0.3 is 0 Å². The number of rotatable bonds is 10.